The van der Waals surface area contributed by atoms with Gasteiger partial charge in [-0.25, -0.2) is 4.99 Å². The first kappa shape index (κ1) is 56.5. The van der Waals surface area contributed by atoms with Crippen LogP contribution >= 0.6 is 0 Å². The maximum absolute atomic E-state index is 13.7. The molecule has 3 radical (unpaired) electrons. The fourth-order valence-electron chi connectivity index (χ4n) is 7.54. The van der Waals surface area contributed by atoms with Crippen molar-refractivity contribution in [1.82, 2.24) is 0 Å². The van der Waals surface area contributed by atoms with Gasteiger partial charge in [-0.15, -0.1) is 0 Å². The Labute approximate surface area is 469 Å². The molecule has 6 aromatic carbocycles. The van der Waals surface area contributed by atoms with Gasteiger partial charge in [0.1, 0.15) is 14.7 Å². The number of hydrogen-bond acceptors (Lipinski definition) is 16. The summed E-state index contributed by atoms with van der Waals surface area (Å²) in [4.78, 5) is 68.1. The van der Waals surface area contributed by atoms with Crippen LogP contribution in [0.1, 0.15) is 63.7 Å². The molecule has 0 saturated heterocycles. The van der Waals surface area contributed by atoms with Gasteiger partial charge in [0.2, 0.25) is 11.8 Å². The van der Waals surface area contributed by atoms with E-state index in [1.807, 2.05) is 0 Å². The van der Waals surface area contributed by atoms with Crippen LogP contribution in [0.5, 0.6) is 0 Å². The first-order valence-electron chi connectivity index (χ1n) is 19.2. The molecular formula is C44H30N6Na3O15S3. The standard InChI is InChI=1S/C44H30N6O15S3.3Na/c45-39-31(67(60,61)62)18-28(35-37(39)43(55)25-7-3-1-5-23(25)41(35)53)47-20-9-11-21(12-10-20)49-33(51)15-16-34(52)50-27-14-13-22(17-30(27)66(57,58)59)48-29-19-32(68(63,64)65)40(46)38-36(29)42(54)24-6-2-4-8-26(24)44(38)56;;;/h1-19,47-48H,45-46H2,(H,49,51)(H,50,52)(H,57,58,59)(H,60,61,62)(H,63,64,65);;;. The van der Waals surface area contributed by atoms with Crippen LogP contribution in [0, 0.1) is 0 Å². The molecular weight excluding hydrogens is 1020 g/mol. The Hall–Kier alpha value is -5.39. The van der Waals surface area contributed by atoms with Gasteiger partial charge in [-0.3, -0.25) is 37.6 Å². The number of carbonyl (C=O) groups excluding carboxylic acids is 5. The molecule has 71 heavy (non-hydrogen) atoms. The molecule has 2 aliphatic rings. The first-order valence-corrected chi connectivity index (χ1v) is 23.5. The fraction of sp³-hybridized carbons (Fsp3) is 0. The average molecular weight is 1050 g/mol. The van der Waals surface area contributed by atoms with Crippen LogP contribution in [-0.2, 0) is 35.1 Å². The van der Waals surface area contributed by atoms with E-state index in [0.29, 0.717) is 0 Å². The van der Waals surface area contributed by atoms with Gasteiger partial charge in [-0.1, -0.05) is 48.5 Å². The summed E-state index contributed by atoms with van der Waals surface area (Å²) in [7, 11) is -15.2. The van der Waals surface area contributed by atoms with Gasteiger partial charge in [-0.05, 0) is 54.6 Å². The molecule has 0 spiro atoms. The summed E-state index contributed by atoms with van der Waals surface area (Å²) in [6, 6.07) is 21.6. The number of nitrogens with zero attached hydrogens (tertiary/aromatic N) is 1. The van der Waals surface area contributed by atoms with E-state index in [0.717, 1.165) is 42.5 Å². The van der Waals surface area contributed by atoms with E-state index in [9.17, 15) is 68.0 Å². The van der Waals surface area contributed by atoms with Crippen molar-refractivity contribution in [3.8, 4) is 0 Å². The Morgan fingerprint density at radius 3 is 1.27 bits per heavy atom. The quantitative estimate of drug-likeness (QED) is 0.0218. The number of aliphatic imine (C=N–C) groups is 1. The molecule has 11 N–H and O–H groups in total. The van der Waals surface area contributed by atoms with Crippen LogP contribution in [-0.4, -0.2) is 168 Å². The number of aliphatic hydroxyl groups is 1. The third-order valence-electron chi connectivity index (χ3n) is 10.5. The van der Waals surface area contributed by atoms with Gasteiger partial charge in [0.25, 0.3) is 30.4 Å². The van der Waals surface area contributed by atoms with Crippen LogP contribution in [0.2, 0.25) is 0 Å². The number of amides is 1. The van der Waals surface area contributed by atoms with Crippen LogP contribution in [0.4, 0.5) is 45.5 Å². The molecule has 0 bridgehead atoms. The Morgan fingerprint density at radius 1 is 0.493 bits per heavy atom. The summed E-state index contributed by atoms with van der Waals surface area (Å²) in [6.07, 6.45) is 1.58. The molecule has 0 atom stereocenters. The predicted octanol–water partition coefficient (Wildman–Crippen LogP) is 4.27. The number of aliphatic hydroxyl groups excluding tert-OH is 1. The third kappa shape index (κ3) is 11.2. The molecule has 0 aromatic heterocycles. The van der Waals surface area contributed by atoms with Gasteiger partial charge in [-0.2, -0.15) is 25.3 Å². The van der Waals surface area contributed by atoms with E-state index in [4.69, 9.17) is 11.5 Å². The van der Waals surface area contributed by atoms with E-state index in [2.05, 4.69) is 20.9 Å². The summed E-state index contributed by atoms with van der Waals surface area (Å²) in [5, 5.41) is 18.5. The zero-order valence-electron chi connectivity index (χ0n) is 37.1. The molecule has 21 nitrogen and oxygen atoms in total. The molecule has 0 unspecified atom stereocenters. The number of fused-ring (bicyclic) bond motifs is 4. The Morgan fingerprint density at radius 2 is 0.859 bits per heavy atom. The molecule has 0 heterocycles. The zero-order chi connectivity index (χ0) is 49.2. The number of hydrogen-bond donors (Lipinski definition) is 9. The molecule has 347 valence electrons. The molecule has 6 aromatic rings. The smallest absolute Gasteiger partial charge is 0.296 e. The van der Waals surface area contributed by atoms with Gasteiger partial charge in [0, 0.05) is 140 Å². The second kappa shape index (κ2) is 21.4. The van der Waals surface area contributed by atoms with Crippen molar-refractivity contribution >= 4 is 199 Å². The molecule has 0 fully saturated rings. The third-order valence-corrected chi connectivity index (χ3v) is 13.2. The largest absolute Gasteiger partial charge is 0.493 e. The maximum Gasteiger partial charge on any atom is 0.296 e. The van der Waals surface area contributed by atoms with Gasteiger partial charge < -0.3 is 32.5 Å². The van der Waals surface area contributed by atoms with E-state index in [1.54, 1.807) is 0 Å². The molecule has 2 aliphatic carbocycles. The van der Waals surface area contributed by atoms with Crippen molar-refractivity contribution in [3.63, 3.8) is 0 Å². The Balaban J connectivity index is 0.00000312. The van der Waals surface area contributed by atoms with Crippen molar-refractivity contribution in [1.29, 1.82) is 0 Å². The Kier molecular flexibility index (Phi) is 17.0. The molecule has 0 saturated carbocycles. The summed E-state index contributed by atoms with van der Waals surface area (Å²) in [6.45, 7) is 0. The molecule has 1 amide bonds. The van der Waals surface area contributed by atoms with Gasteiger partial charge in [0.05, 0.1) is 50.7 Å². The van der Waals surface area contributed by atoms with Crippen LogP contribution in [0.15, 0.2) is 135 Å². The SMILES string of the molecule is Nc1c(S(=O)(=O)O)cc(Nc2ccc(NC(=O)C=CC(O)=Nc3ccc(Nc4cc(S(=O)(=O)O)c(N)c5c4C(=O)c4ccccc4C5=O)cc3S(=O)(=O)O)cc2)c2c1C(=O)c1ccccc1C2=O.[Na].[Na].[Na]. The second-order valence-electron chi connectivity index (χ2n) is 14.8. The van der Waals surface area contributed by atoms with E-state index >= 15 is 0 Å². The van der Waals surface area contributed by atoms with Crippen LogP contribution in [0.3, 0.4) is 0 Å². The number of carbonyl (C=O) groups is 5. The summed E-state index contributed by atoms with van der Waals surface area (Å²) >= 11 is 0. The monoisotopic (exact) mass is 1050 g/mol. The zero-order valence-corrected chi connectivity index (χ0v) is 45.5. The van der Waals surface area contributed by atoms with Crippen LogP contribution in [0.25, 0.3) is 0 Å². The molecule has 27 heteroatoms. The van der Waals surface area contributed by atoms with E-state index in [1.165, 1.54) is 72.8 Å². The van der Waals surface area contributed by atoms with Crippen molar-refractivity contribution in [2.24, 2.45) is 4.99 Å². The number of nitrogen functional groups attached to an aromatic ring is 2. The number of nitrogens with two attached hydrogens (primary N) is 2. The minimum atomic E-state index is -5.16. The summed E-state index contributed by atoms with van der Waals surface area (Å²) < 4.78 is 104. The first-order chi connectivity index (χ1) is 31.9. The minimum Gasteiger partial charge on any atom is -0.493 e. The fourth-order valence-corrected chi connectivity index (χ4v) is 9.49. The average Bonchev–Trinajstić information content (AvgIpc) is 3.27. The summed E-state index contributed by atoms with van der Waals surface area (Å²) in [5.41, 5.74) is 7.98. The van der Waals surface area contributed by atoms with Crippen molar-refractivity contribution in [2.75, 3.05) is 27.4 Å². The van der Waals surface area contributed by atoms with E-state index in [-0.39, 0.29) is 139 Å². The number of anilines is 7. The van der Waals surface area contributed by atoms with E-state index < -0.39 is 119 Å². The van der Waals surface area contributed by atoms with Crippen molar-refractivity contribution < 1.29 is 68.0 Å². The van der Waals surface area contributed by atoms with Crippen LogP contribution < -0.4 is 27.4 Å². The number of rotatable bonds is 11. The number of nitrogens with one attached hydrogen (secondary N) is 3. The Bertz CT molecular complexity index is 3720. The minimum absolute atomic E-state index is 0. The molecule has 0 aliphatic heterocycles. The van der Waals surface area contributed by atoms with Crippen molar-refractivity contribution in [2.45, 2.75) is 14.7 Å². The van der Waals surface area contributed by atoms with Crippen molar-refractivity contribution in [3.05, 3.63) is 160 Å². The predicted molar refractivity (Wildman–Crippen MR) is 262 cm³/mol. The van der Waals surface area contributed by atoms with Gasteiger partial charge in [0.15, 0.2) is 23.1 Å². The number of benzene rings is 6. The molecule has 8 rings (SSSR count). The topological polar surface area (TPSA) is 369 Å². The number of ketones is 4. The normalized spacial score (nSPS) is 13.1. The maximum atomic E-state index is 13.7. The van der Waals surface area contributed by atoms with Gasteiger partial charge >= 0.3 is 0 Å². The summed E-state index contributed by atoms with van der Waals surface area (Å²) in [5.74, 6) is -4.78. The second-order valence-corrected chi connectivity index (χ2v) is 19.0.